The van der Waals surface area contributed by atoms with Gasteiger partial charge in [0.05, 0.1) is 18.9 Å². The molecule has 1 heterocycles. The van der Waals surface area contributed by atoms with Gasteiger partial charge in [-0.25, -0.2) is 14.6 Å². The Bertz CT molecular complexity index is 1090. The van der Waals surface area contributed by atoms with Crippen molar-refractivity contribution < 1.29 is 33.0 Å². The molecule has 8 nitrogen and oxygen atoms in total. The van der Waals surface area contributed by atoms with Crippen molar-refractivity contribution in [2.75, 3.05) is 7.11 Å². The molecule has 0 bridgehead atoms. The van der Waals surface area contributed by atoms with Crippen LogP contribution in [-0.4, -0.2) is 30.3 Å². The Kier molecular flexibility index (Phi) is 6.43. The van der Waals surface area contributed by atoms with Gasteiger partial charge in [0.25, 0.3) is 5.91 Å². The number of nitrogens with zero attached hydrogens (tertiary/aromatic N) is 1. The second-order valence-electron chi connectivity index (χ2n) is 5.95. The van der Waals surface area contributed by atoms with Crippen molar-refractivity contribution in [2.45, 2.75) is 6.61 Å². The topological polar surface area (TPSA) is 110 Å². The zero-order valence-corrected chi connectivity index (χ0v) is 15.8. The lowest BCUT2D eigenvalue weighted by molar-refractivity contribution is 0.0657. The van der Waals surface area contributed by atoms with E-state index >= 15 is 0 Å². The highest BCUT2D eigenvalue weighted by atomic mass is 19.1. The number of amides is 1. The summed E-state index contributed by atoms with van der Waals surface area (Å²) in [5, 5.41) is 12.7. The summed E-state index contributed by atoms with van der Waals surface area (Å²) in [7, 11) is 1.46. The fraction of sp³-hybridized carbons (Fsp3) is 0.0952. The molecule has 0 atom stereocenters. The minimum atomic E-state index is -1.16. The molecule has 0 spiro atoms. The number of carboxylic acids is 1. The van der Waals surface area contributed by atoms with Gasteiger partial charge in [-0.2, -0.15) is 5.10 Å². The number of nitrogens with one attached hydrogen (secondary N) is 1. The van der Waals surface area contributed by atoms with E-state index < -0.39 is 17.7 Å². The lowest BCUT2D eigenvalue weighted by Crippen LogP contribution is -2.18. The third-order valence-electron chi connectivity index (χ3n) is 3.93. The van der Waals surface area contributed by atoms with E-state index in [-0.39, 0.29) is 17.9 Å². The first-order valence-corrected chi connectivity index (χ1v) is 8.68. The van der Waals surface area contributed by atoms with Crippen LogP contribution < -0.4 is 14.9 Å². The van der Waals surface area contributed by atoms with Crippen LogP contribution in [0.4, 0.5) is 4.39 Å². The summed E-state index contributed by atoms with van der Waals surface area (Å²) in [5.41, 5.74) is 2.74. The number of methoxy groups -OCH3 is 1. The van der Waals surface area contributed by atoms with Gasteiger partial charge in [0.2, 0.25) is 5.76 Å². The minimum Gasteiger partial charge on any atom is -0.493 e. The van der Waals surface area contributed by atoms with E-state index in [9.17, 15) is 14.0 Å². The highest BCUT2D eigenvalue weighted by Gasteiger charge is 2.12. The maximum Gasteiger partial charge on any atom is 0.371 e. The summed E-state index contributed by atoms with van der Waals surface area (Å²) in [6, 6.07) is 13.4. The molecule has 1 aromatic heterocycles. The average molecular weight is 412 g/mol. The summed E-state index contributed by atoms with van der Waals surface area (Å²) in [5.74, 6) is -1.51. The molecule has 0 saturated heterocycles. The van der Waals surface area contributed by atoms with Gasteiger partial charge in [-0.3, -0.25) is 4.79 Å². The number of hydrogen-bond acceptors (Lipinski definition) is 6. The number of carbonyl (C=O) groups excluding carboxylic acids is 1. The summed E-state index contributed by atoms with van der Waals surface area (Å²) < 4.78 is 29.6. The number of ether oxygens (including phenoxy) is 2. The molecule has 2 aromatic carbocycles. The van der Waals surface area contributed by atoms with E-state index in [0.717, 1.165) is 0 Å². The summed E-state index contributed by atoms with van der Waals surface area (Å²) in [6.07, 6.45) is 1.37. The number of halogens is 1. The monoisotopic (exact) mass is 412 g/mol. The van der Waals surface area contributed by atoms with Crippen LogP contribution in [0.15, 0.2) is 64.1 Å². The number of aromatic carboxylic acids is 1. The molecule has 0 aliphatic heterocycles. The van der Waals surface area contributed by atoms with Gasteiger partial charge in [-0.05, 0) is 48.0 Å². The van der Waals surface area contributed by atoms with Crippen LogP contribution >= 0.6 is 0 Å². The minimum absolute atomic E-state index is 0.00970. The molecule has 3 rings (SSSR count). The van der Waals surface area contributed by atoms with Crippen molar-refractivity contribution in [1.82, 2.24) is 5.43 Å². The first kappa shape index (κ1) is 20.6. The van der Waals surface area contributed by atoms with Crippen molar-refractivity contribution in [3.05, 3.63) is 83.1 Å². The van der Waals surface area contributed by atoms with Gasteiger partial charge < -0.3 is 19.0 Å². The van der Waals surface area contributed by atoms with E-state index in [1.54, 1.807) is 24.3 Å². The largest absolute Gasteiger partial charge is 0.493 e. The molecule has 0 radical (unpaired) electrons. The fourth-order valence-electron chi connectivity index (χ4n) is 2.47. The van der Waals surface area contributed by atoms with Crippen molar-refractivity contribution in [2.24, 2.45) is 5.10 Å². The highest BCUT2D eigenvalue weighted by molar-refractivity contribution is 5.95. The molecule has 0 aliphatic carbocycles. The standard InChI is InChI=1S/C21H17FN2O6/c1-28-19-10-13(11-23-24-20(25)15-4-2-3-5-16(15)22)6-8-17(19)29-12-14-7-9-18(30-14)21(26)27/h2-11H,12H2,1H3,(H,24,25)(H,26,27)/b23-11-. The van der Waals surface area contributed by atoms with Gasteiger partial charge in [-0.15, -0.1) is 0 Å². The molecule has 0 unspecified atom stereocenters. The van der Waals surface area contributed by atoms with Crippen molar-refractivity contribution in [3.63, 3.8) is 0 Å². The van der Waals surface area contributed by atoms with Gasteiger partial charge in [0, 0.05) is 0 Å². The molecule has 1 amide bonds. The molecule has 0 fully saturated rings. The smallest absolute Gasteiger partial charge is 0.371 e. The molecule has 3 aromatic rings. The quantitative estimate of drug-likeness (QED) is 0.433. The van der Waals surface area contributed by atoms with Crippen LogP contribution in [0.25, 0.3) is 0 Å². The second-order valence-corrected chi connectivity index (χ2v) is 5.95. The van der Waals surface area contributed by atoms with Crippen molar-refractivity contribution in [3.8, 4) is 11.5 Å². The summed E-state index contributed by atoms with van der Waals surface area (Å²) in [4.78, 5) is 22.8. The Labute approximate surface area is 170 Å². The number of carboxylic acid groups (broad SMARTS) is 1. The molecule has 0 aliphatic rings. The van der Waals surface area contributed by atoms with Crippen LogP contribution in [0.1, 0.15) is 32.2 Å². The second kappa shape index (κ2) is 9.37. The number of furan rings is 1. The first-order chi connectivity index (χ1) is 14.5. The van der Waals surface area contributed by atoms with E-state index in [4.69, 9.17) is 19.0 Å². The molecular formula is C21H17FN2O6. The Hall–Kier alpha value is -4.14. The average Bonchev–Trinajstić information content (AvgIpc) is 3.22. The molecule has 154 valence electrons. The molecule has 2 N–H and O–H groups in total. The van der Waals surface area contributed by atoms with Crippen molar-refractivity contribution >= 4 is 18.1 Å². The van der Waals surface area contributed by atoms with E-state index in [1.807, 2.05) is 0 Å². The third-order valence-corrected chi connectivity index (χ3v) is 3.93. The van der Waals surface area contributed by atoms with Crippen molar-refractivity contribution in [1.29, 1.82) is 0 Å². The highest BCUT2D eigenvalue weighted by Crippen LogP contribution is 2.28. The zero-order valence-electron chi connectivity index (χ0n) is 15.8. The third kappa shape index (κ3) is 5.02. The zero-order chi connectivity index (χ0) is 21.5. The lowest BCUT2D eigenvalue weighted by Gasteiger charge is -2.10. The van der Waals surface area contributed by atoms with Crippen LogP contribution in [-0.2, 0) is 6.61 Å². The predicted molar refractivity (Wildman–Crippen MR) is 104 cm³/mol. The van der Waals surface area contributed by atoms with Gasteiger partial charge in [0.15, 0.2) is 11.5 Å². The molecule has 9 heteroatoms. The van der Waals surface area contributed by atoms with Crippen LogP contribution in [0.5, 0.6) is 11.5 Å². The number of benzene rings is 2. The summed E-state index contributed by atoms with van der Waals surface area (Å²) in [6.45, 7) is 0.00970. The Morgan fingerprint density at radius 3 is 2.67 bits per heavy atom. The van der Waals surface area contributed by atoms with Crippen LogP contribution in [0.2, 0.25) is 0 Å². The molecular weight excluding hydrogens is 395 g/mol. The Balaban J connectivity index is 1.63. The number of hydrogen-bond donors (Lipinski definition) is 2. The maximum atomic E-state index is 13.6. The van der Waals surface area contributed by atoms with Gasteiger partial charge in [0.1, 0.15) is 18.2 Å². The number of hydrazone groups is 1. The Morgan fingerprint density at radius 2 is 1.97 bits per heavy atom. The maximum absolute atomic E-state index is 13.6. The number of rotatable bonds is 8. The van der Waals surface area contributed by atoms with Gasteiger partial charge >= 0.3 is 5.97 Å². The summed E-state index contributed by atoms with van der Waals surface area (Å²) >= 11 is 0. The van der Waals surface area contributed by atoms with Gasteiger partial charge in [-0.1, -0.05) is 12.1 Å². The fourth-order valence-corrected chi connectivity index (χ4v) is 2.47. The van der Waals surface area contributed by atoms with Crippen LogP contribution in [0.3, 0.4) is 0 Å². The lowest BCUT2D eigenvalue weighted by atomic mass is 10.2. The first-order valence-electron chi connectivity index (χ1n) is 8.68. The van der Waals surface area contributed by atoms with E-state index in [2.05, 4.69) is 10.5 Å². The Morgan fingerprint density at radius 1 is 1.17 bits per heavy atom. The predicted octanol–water partition coefficient (Wildman–Crippen LogP) is 3.47. The van der Waals surface area contributed by atoms with Crippen LogP contribution in [0, 0.1) is 5.82 Å². The molecule has 30 heavy (non-hydrogen) atoms. The number of carbonyl (C=O) groups is 2. The molecule has 0 saturated carbocycles. The van der Waals surface area contributed by atoms with E-state index in [0.29, 0.717) is 22.8 Å². The van der Waals surface area contributed by atoms with E-state index in [1.165, 1.54) is 43.7 Å². The normalized spacial score (nSPS) is 10.7. The SMILES string of the molecule is COc1cc(/C=N\NC(=O)c2ccccc2F)ccc1OCc1ccc(C(=O)O)o1.